The van der Waals surface area contributed by atoms with Crippen LogP contribution in [0.15, 0.2) is 45.9 Å². The van der Waals surface area contributed by atoms with E-state index in [1.807, 2.05) is 0 Å². The van der Waals surface area contributed by atoms with E-state index in [-0.39, 0.29) is 10.9 Å². The van der Waals surface area contributed by atoms with Crippen LogP contribution in [0.1, 0.15) is 5.69 Å². The third kappa shape index (κ3) is 2.84. The van der Waals surface area contributed by atoms with Gasteiger partial charge in [0.05, 0.1) is 16.1 Å². The van der Waals surface area contributed by atoms with E-state index in [4.69, 9.17) is 16.0 Å². The van der Waals surface area contributed by atoms with Crippen molar-refractivity contribution >= 4 is 38.5 Å². The van der Waals surface area contributed by atoms with Gasteiger partial charge in [0.2, 0.25) is 0 Å². The van der Waals surface area contributed by atoms with Crippen LogP contribution in [0.4, 0.5) is 6.01 Å². The molecule has 0 unspecified atom stereocenters. The molecule has 3 rings (SSSR count). The molecule has 0 saturated carbocycles. The first kappa shape index (κ1) is 13.8. The van der Waals surface area contributed by atoms with E-state index in [0.717, 1.165) is 0 Å². The molecule has 0 aliphatic rings. The van der Waals surface area contributed by atoms with E-state index in [0.29, 0.717) is 21.7 Å². The predicted octanol–water partition coefficient (Wildman–Crippen LogP) is 2.99. The van der Waals surface area contributed by atoms with Crippen LogP contribution in [-0.4, -0.2) is 18.4 Å². The molecule has 3 aromatic rings. The van der Waals surface area contributed by atoms with E-state index in [1.54, 1.807) is 25.1 Å². The maximum atomic E-state index is 12.3. The second-order valence-electron chi connectivity index (χ2n) is 4.39. The maximum Gasteiger partial charge on any atom is 0.309 e. The molecule has 0 fully saturated rings. The van der Waals surface area contributed by atoms with Crippen molar-refractivity contribution in [2.45, 2.75) is 11.8 Å². The van der Waals surface area contributed by atoms with Crippen molar-refractivity contribution < 1.29 is 12.8 Å². The van der Waals surface area contributed by atoms with E-state index in [9.17, 15) is 8.42 Å². The molecule has 0 aliphatic carbocycles. The molecule has 1 aromatic carbocycles. The van der Waals surface area contributed by atoms with Gasteiger partial charge in [-0.05, 0) is 37.3 Å². The van der Waals surface area contributed by atoms with Crippen molar-refractivity contribution in [2.75, 3.05) is 4.72 Å². The molecule has 2 aromatic heterocycles. The molecule has 0 radical (unpaired) electrons. The summed E-state index contributed by atoms with van der Waals surface area (Å²) >= 11 is 5.80. The Hall–Kier alpha value is -2.12. The van der Waals surface area contributed by atoms with Gasteiger partial charge in [-0.1, -0.05) is 11.6 Å². The number of sulfonamides is 1. The lowest BCUT2D eigenvalue weighted by Crippen LogP contribution is -2.13. The summed E-state index contributed by atoms with van der Waals surface area (Å²) < 4.78 is 31.8. The van der Waals surface area contributed by atoms with Gasteiger partial charge in [0.25, 0.3) is 10.0 Å². The Kier molecular flexibility index (Phi) is 3.30. The largest absolute Gasteiger partial charge is 0.431 e. The van der Waals surface area contributed by atoms with Crippen LogP contribution in [0.25, 0.3) is 10.9 Å². The monoisotopic (exact) mass is 323 g/mol. The number of pyridine rings is 1. The van der Waals surface area contributed by atoms with Crippen molar-refractivity contribution in [2.24, 2.45) is 0 Å². The third-order valence-electron chi connectivity index (χ3n) is 2.78. The van der Waals surface area contributed by atoms with E-state index in [1.165, 1.54) is 18.4 Å². The second-order valence-corrected chi connectivity index (χ2v) is 6.46. The van der Waals surface area contributed by atoms with Crippen LogP contribution < -0.4 is 4.72 Å². The number of nitrogens with one attached hydrogen (secondary N) is 1. The number of anilines is 1. The lowest BCUT2D eigenvalue weighted by atomic mass is 10.2. The zero-order valence-electron chi connectivity index (χ0n) is 10.9. The number of hydrogen-bond acceptors (Lipinski definition) is 5. The summed E-state index contributed by atoms with van der Waals surface area (Å²) in [6.45, 7) is 1.70. The summed E-state index contributed by atoms with van der Waals surface area (Å²) in [5, 5.41) is 1.03. The number of oxazole rings is 1. The Morgan fingerprint density at radius 2 is 2.00 bits per heavy atom. The molecule has 0 aliphatic heterocycles. The van der Waals surface area contributed by atoms with Crippen LogP contribution >= 0.6 is 11.6 Å². The Balaban J connectivity index is 2.00. The summed E-state index contributed by atoms with van der Waals surface area (Å²) in [6, 6.07) is 7.79. The maximum absolute atomic E-state index is 12.3. The van der Waals surface area contributed by atoms with Crippen molar-refractivity contribution in [3.63, 3.8) is 0 Å². The molecule has 108 valence electrons. The average Bonchev–Trinajstić information content (AvgIpc) is 2.82. The quantitative estimate of drug-likeness (QED) is 0.749. The van der Waals surface area contributed by atoms with E-state index in [2.05, 4.69) is 14.7 Å². The van der Waals surface area contributed by atoms with Gasteiger partial charge in [0.15, 0.2) is 0 Å². The number of benzene rings is 1. The fraction of sp³-hybridized carbons (Fsp3) is 0.0769. The smallest absolute Gasteiger partial charge is 0.309 e. The average molecular weight is 324 g/mol. The predicted molar refractivity (Wildman–Crippen MR) is 78.8 cm³/mol. The summed E-state index contributed by atoms with van der Waals surface area (Å²) in [5.41, 5.74) is 1.21. The van der Waals surface area contributed by atoms with Crippen molar-refractivity contribution in [3.05, 3.63) is 47.4 Å². The van der Waals surface area contributed by atoms with Crippen molar-refractivity contribution in [1.82, 2.24) is 9.97 Å². The van der Waals surface area contributed by atoms with Crippen LogP contribution in [0, 0.1) is 6.92 Å². The van der Waals surface area contributed by atoms with Crippen LogP contribution in [0.2, 0.25) is 5.15 Å². The van der Waals surface area contributed by atoms with Crippen LogP contribution in [0.3, 0.4) is 0 Å². The molecule has 0 amide bonds. The first-order valence-electron chi connectivity index (χ1n) is 5.95. The molecule has 0 bridgehead atoms. The molecule has 21 heavy (non-hydrogen) atoms. The highest BCUT2D eigenvalue weighted by Gasteiger charge is 2.17. The normalized spacial score (nSPS) is 11.7. The number of rotatable bonds is 3. The van der Waals surface area contributed by atoms with Crippen LogP contribution in [0.5, 0.6) is 0 Å². The highest BCUT2D eigenvalue weighted by atomic mass is 35.5. The Labute approximate surface area is 125 Å². The topological polar surface area (TPSA) is 85.1 Å². The number of nitrogens with zero attached hydrogens (tertiary/aromatic N) is 2. The second kappa shape index (κ2) is 5.01. The fourth-order valence-electron chi connectivity index (χ4n) is 1.82. The summed E-state index contributed by atoms with van der Waals surface area (Å²) in [6.07, 6.45) is 1.37. The SMILES string of the molecule is Cc1coc(NS(=O)(=O)c2ccc3nc(Cl)ccc3c2)n1. The zero-order chi connectivity index (χ0) is 15.0. The summed E-state index contributed by atoms with van der Waals surface area (Å²) in [4.78, 5) is 8.11. The zero-order valence-corrected chi connectivity index (χ0v) is 12.4. The van der Waals surface area contributed by atoms with Crippen molar-refractivity contribution in [1.29, 1.82) is 0 Å². The number of aryl methyl sites for hydroxylation is 1. The number of hydrogen-bond donors (Lipinski definition) is 1. The molecule has 2 heterocycles. The lowest BCUT2D eigenvalue weighted by Gasteiger charge is -2.05. The standard InChI is InChI=1S/C13H10ClN3O3S/c1-8-7-20-13(15-8)17-21(18,19)10-3-4-11-9(6-10)2-5-12(14)16-11/h2-7H,1H3,(H,15,17). The van der Waals surface area contributed by atoms with Crippen LogP contribution in [-0.2, 0) is 10.0 Å². The highest BCUT2D eigenvalue weighted by molar-refractivity contribution is 7.92. The minimum atomic E-state index is -3.77. The Morgan fingerprint density at radius 3 is 2.71 bits per heavy atom. The molecule has 0 atom stereocenters. The Morgan fingerprint density at radius 1 is 1.19 bits per heavy atom. The molecule has 0 saturated heterocycles. The molecule has 1 N–H and O–H groups in total. The van der Waals surface area contributed by atoms with Gasteiger partial charge in [-0.3, -0.25) is 0 Å². The van der Waals surface area contributed by atoms with E-state index < -0.39 is 10.0 Å². The lowest BCUT2D eigenvalue weighted by molar-refractivity contribution is 0.569. The minimum absolute atomic E-state index is 0.0678. The van der Waals surface area contributed by atoms with Gasteiger partial charge >= 0.3 is 6.01 Å². The number of fused-ring (bicyclic) bond motifs is 1. The summed E-state index contributed by atoms with van der Waals surface area (Å²) in [5.74, 6) is 0. The van der Waals surface area contributed by atoms with E-state index >= 15 is 0 Å². The van der Waals surface area contributed by atoms with Crippen molar-refractivity contribution in [3.8, 4) is 0 Å². The first-order valence-corrected chi connectivity index (χ1v) is 7.81. The van der Waals surface area contributed by atoms with Gasteiger partial charge in [-0.15, -0.1) is 0 Å². The molecule has 0 spiro atoms. The van der Waals surface area contributed by atoms with Gasteiger partial charge in [-0.25, -0.2) is 18.1 Å². The Bertz CT molecular complexity index is 921. The first-order chi connectivity index (χ1) is 9.94. The van der Waals surface area contributed by atoms with Gasteiger partial charge in [0, 0.05) is 5.39 Å². The van der Waals surface area contributed by atoms with Gasteiger partial charge < -0.3 is 4.42 Å². The summed E-state index contributed by atoms with van der Waals surface area (Å²) in [7, 11) is -3.77. The molecule has 6 nitrogen and oxygen atoms in total. The molecular weight excluding hydrogens is 314 g/mol. The highest BCUT2D eigenvalue weighted by Crippen LogP contribution is 2.21. The van der Waals surface area contributed by atoms with Gasteiger partial charge in [-0.2, -0.15) is 4.98 Å². The number of aromatic nitrogens is 2. The van der Waals surface area contributed by atoms with Gasteiger partial charge in [0.1, 0.15) is 11.4 Å². The third-order valence-corrected chi connectivity index (χ3v) is 4.31. The number of halogens is 1. The molecular formula is C13H10ClN3O3S. The fourth-order valence-corrected chi connectivity index (χ4v) is 2.95. The minimum Gasteiger partial charge on any atom is -0.431 e. The molecule has 8 heteroatoms.